The average molecular weight is 254 g/mol. The number of hydrogen-bond donors (Lipinski definition) is 1. The molecule has 3 heteroatoms. The molecule has 0 unspecified atom stereocenters. The lowest BCUT2D eigenvalue weighted by molar-refractivity contribution is -0.132. The quantitative estimate of drug-likeness (QED) is 0.668. The minimum atomic E-state index is -0.987. The minimum Gasteiger partial charge on any atom is -0.478 e. The van der Waals surface area contributed by atoms with Crippen LogP contribution in [0.15, 0.2) is 66.4 Å². The zero-order chi connectivity index (χ0) is 13.7. The molecule has 0 spiro atoms. The van der Waals surface area contributed by atoms with E-state index in [1.165, 1.54) is 13.2 Å². The molecule has 1 N–H and O–H groups in total. The first-order chi connectivity index (χ1) is 9.16. The summed E-state index contributed by atoms with van der Waals surface area (Å²) in [4.78, 5) is 10.7. The second-order valence-electron chi connectivity index (χ2n) is 4.12. The van der Waals surface area contributed by atoms with Gasteiger partial charge in [-0.2, -0.15) is 0 Å². The van der Waals surface area contributed by atoms with E-state index in [1.807, 2.05) is 48.5 Å². The fourth-order valence-corrected chi connectivity index (χ4v) is 1.59. The second-order valence-corrected chi connectivity index (χ2v) is 4.12. The lowest BCUT2D eigenvalue weighted by Gasteiger charge is -2.05. The molecule has 0 aliphatic rings. The summed E-state index contributed by atoms with van der Waals surface area (Å²) in [5, 5.41) is 8.74. The van der Waals surface area contributed by atoms with Crippen LogP contribution in [0, 0.1) is 0 Å². The van der Waals surface area contributed by atoms with Crippen LogP contribution >= 0.6 is 0 Å². The van der Waals surface area contributed by atoms with Crippen LogP contribution in [0.1, 0.15) is 6.92 Å². The van der Waals surface area contributed by atoms with Gasteiger partial charge in [0, 0.05) is 0 Å². The van der Waals surface area contributed by atoms with Crippen molar-refractivity contribution in [3.63, 3.8) is 0 Å². The molecule has 96 valence electrons. The Balaban J connectivity index is 2.21. The van der Waals surface area contributed by atoms with Crippen molar-refractivity contribution in [1.29, 1.82) is 0 Å². The van der Waals surface area contributed by atoms with Crippen LogP contribution in [0.4, 0.5) is 0 Å². The number of aliphatic carboxylic acids is 1. The Morgan fingerprint density at radius 2 is 1.74 bits per heavy atom. The summed E-state index contributed by atoms with van der Waals surface area (Å²) in [5.74, 6) is -0.374. The van der Waals surface area contributed by atoms with E-state index in [0.717, 1.165) is 11.1 Å². The Kier molecular flexibility index (Phi) is 3.98. The predicted octanol–water partition coefficient (Wildman–Crippen LogP) is 3.72. The van der Waals surface area contributed by atoms with Crippen LogP contribution in [-0.4, -0.2) is 11.1 Å². The minimum absolute atomic E-state index is 0.158. The standard InChI is InChI=1S/C16H14O3/c1-12(16(17)18)11-19-15-9-5-8-14(10-15)13-6-3-2-4-7-13/h2-11H,1H3,(H,17,18). The molecule has 19 heavy (non-hydrogen) atoms. The molecule has 0 bridgehead atoms. The maximum absolute atomic E-state index is 10.7. The molecule has 2 rings (SSSR count). The maximum Gasteiger partial charge on any atom is 0.334 e. The molecule has 0 fully saturated rings. The van der Waals surface area contributed by atoms with E-state index >= 15 is 0 Å². The monoisotopic (exact) mass is 254 g/mol. The number of carboxylic acid groups (broad SMARTS) is 1. The topological polar surface area (TPSA) is 46.5 Å². The third-order valence-corrected chi connectivity index (χ3v) is 2.65. The van der Waals surface area contributed by atoms with Gasteiger partial charge in [-0.1, -0.05) is 42.5 Å². The molecule has 0 aliphatic carbocycles. The first-order valence-corrected chi connectivity index (χ1v) is 5.89. The van der Waals surface area contributed by atoms with E-state index < -0.39 is 5.97 Å². The van der Waals surface area contributed by atoms with Crippen molar-refractivity contribution in [1.82, 2.24) is 0 Å². The Morgan fingerprint density at radius 1 is 1.05 bits per heavy atom. The summed E-state index contributed by atoms with van der Waals surface area (Å²) < 4.78 is 5.35. The molecule has 0 atom stereocenters. The fourth-order valence-electron chi connectivity index (χ4n) is 1.59. The van der Waals surface area contributed by atoms with Crippen molar-refractivity contribution in [3.8, 4) is 16.9 Å². The van der Waals surface area contributed by atoms with Crippen LogP contribution in [0.3, 0.4) is 0 Å². The van der Waals surface area contributed by atoms with Gasteiger partial charge < -0.3 is 9.84 Å². The first kappa shape index (κ1) is 12.9. The lowest BCUT2D eigenvalue weighted by atomic mass is 10.1. The summed E-state index contributed by atoms with van der Waals surface area (Å²) in [6.07, 6.45) is 1.24. The van der Waals surface area contributed by atoms with Gasteiger partial charge in [-0.3, -0.25) is 0 Å². The maximum atomic E-state index is 10.7. The molecular weight excluding hydrogens is 240 g/mol. The third kappa shape index (κ3) is 3.45. The summed E-state index contributed by atoms with van der Waals surface area (Å²) in [6, 6.07) is 17.4. The molecule has 0 amide bonds. The van der Waals surface area contributed by atoms with E-state index in [9.17, 15) is 4.79 Å². The van der Waals surface area contributed by atoms with E-state index in [0.29, 0.717) is 5.75 Å². The highest BCUT2D eigenvalue weighted by atomic mass is 16.5. The van der Waals surface area contributed by atoms with Crippen molar-refractivity contribution >= 4 is 5.97 Å². The van der Waals surface area contributed by atoms with Crippen LogP contribution in [0.5, 0.6) is 5.75 Å². The number of benzene rings is 2. The summed E-state index contributed by atoms with van der Waals surface area (Å²) in [5.41, 5.74) is 2.27. The van der Waals surface area contributed by atoms with Gasteiger partial charge in [0.25, 0.3) is 0 Å². The van der Waals surface area contributed by atoms with Gasteiger partial charge in [0.2, 0.25) is 0 Å². The fraction of sp³-hybridized carbons (Fsp3) is 0.0625. The van der Waals surface area contributed by atoms with Crippen molar-refractivity contribution < 1.29 is 14.6 Å². The highest BCUT2D eigenvalue weighted by Gasteiger charge is 2.01. The first-order valence-electron chi connectivity index (χ1n) is 5.89. The molecule has 0 saturated heterocycles. The molecular formula is C16H14O3. The van der Waals surface area contributed by atoms with Gasteiger partial charge in [0.1, 0.15) is 12.0 Å². The zero-order valence-corrected chi connectivity index (χ0v) is 10.5. The smallest absolute Gasteiger partial charge is 0.334 e. The molecule has 0 heterocycles. The summed E-state index contributed by atoms with van der Waals surface area (Å²) in [7, 11) is 0. The SMILES string of the molecule is CC(=COc1cccc(-c2ccccc2)c1)C(=O)O. The number of carbonyl (C=O) groups is 1. The molecule has 0 aliphatic heterocycles. The molecule has 0 aromatic heterocycles. The van der Waals surface area contributed by atoms with Crippen LogP contribution in [0.25, 0.3) is 11.1 Å². The van der Waals surface area contributed by atoms with Crippen molar-refractivity contribution in [3.05, 3.63) is 66.4 Å². The Labute approximate surface area is 111 Å². The number of rotatable bonds is 4. The van der Waals surface area contributed by atoms with E-state index in [4.69, 9.17) is 9.84 Å². The van der Waals surface area contributed by atoms with Gasteiger partial charge >= 0.3 is 5.97 Å². The van der Waals surface area contributed by atoms with Crippen LogP contribution < -0.4 is 4.74 Å². The molecule has 0 saturated carbocycles. The Bertz CT molecular complexity index is 600. The molecule has 0 radical (unpaired) electrons. The van der Waals surface area contributed by atoms with E-state index in [-0.39, 0.29) is 5.57 Å². The van der Waals surface area contributed by atoms with Crippen molar-refractivity contribution in [2.45, 2.75) is 6.92 Å². The van der Waals surface area contributed by atoms with E-state index in [2.05, 4.69) is 0 Å². The predicted molar refractivity (Wildman–Crippen MR) is 73.9 cm³/mol. The largest absolute Gasteiger partial charge is 0.478 e. The Morgan fingerprint density at radius 3 is 2.42 bits per heavy atom. The molecule has 3 nitrogen and oxygen atoms in total. The Hall–Kier alpha value is -2.55. The number of carboxylic acids is 1. The van der Waals surface area contributed by atoms with Crippen LogP contribution in [-0.2, 0) is 4.79 Å². The zero-order valence-electron chi connectivity index (χ0n) is 10.5. The normalized spacial score (nSPS) is 11.1. The average Bonchev–Trinajstić information content (AvgIpc) is 2.46. The molecule has 2 aromatic rings. The summed E-state index contributed by atoms with van der Waals surface area (Å²) in [6.45, 7) is 1.49. The number of hydrogen-bond acceptors (Lipinski definition) is 2. The van der Waals surface area contributed by atoms with Crippen molar-refractivity contribution in [2.24, 2.45) is 0 Å². The van der Waals surface area contributed by atoms with Gasteiger partial charge in [-0.25, -0.2) is 4.79 Å². The number of ether oxygens (including phenoxy) is 1. The van der Waals surface area contributed by atoms with Gasteiger partial charge in [-0.05, 0) is 30.2 Å². The van der Waals surface area contributed by atoms with Crippen LogP contribution in [0.2, 0.25) is 0 Å². The van der Waals surface area contributed by atoms with Gasteiger partial charge in [0.15, 0.2) is 0 Å². The van der Waals surface area contributed by atoms with Crippen molar-refractivity contribution in [2.75, 3.05) is 0 Å². The van der Waals surface area contributed by atoms with Gasteiger partial charge in [0.05, 0.1) is 5.57 Å². The second kappa shape index (κ2) is 5.87. The summed E-state index contributed by atoms with van der Waals surface area (Å²) >= 11 is 0. The highest BCUT2D eigenvalue weighted by Crippen LogP contribution is 2.23. The van der Waals surface area contributed by atoms with E-state index in [1.54, 1.807) is 6.07 Å². The highest BCUT2D eigenvalue weighted by molar-refractivity contribution is 5.85. The lowest BCUT2D eigenvalue weighted by Crippen LogP contribution is -1.98. The molecule has 2 aromatic carbocycles. The third-order valence-electron chi connectivity index (χ3n) is 2.65. The van der Waals surface area contributed by atoms with Gasteiger partial charge in [-0.15, -0.1) is 0 Å².